The van der Waals surface area contributed by atoms with Crippen LogP contribution in [-0.2, 0) is 0 Å². The van der Waals surface area contributed by atoms with Gasteiger partial charge in [0.05, 0.1) is 12.4 Å². The molecule has 0 fully saturated rings. The number of hydrogen-bond donors (Lipinski definition) is 1. The molecule has 0 saturated carbocycles. The average Bonchev–Trinajstić information content (AvgIpc) is 2.96. The molecule has 0 radical (unpaired) electrons. The van der Waals surface area contributed by atoms with Crippen LogP contribution in [0, 0.1) is 0 Å². The molecule has 1 heterocycles. The Morgan fingerprint density at radius 1 is 1.00 bits per heavy atom. The first-order valence-electron chi connectivity index (χ1n) is 9.51. The Labute approximate surface area is 138 Å². The van der Waals surface area contributed by atoms with Gasteiger partial charge in [0.1, 0.15) is 0 Å². The number of allylic oxidation sites excluding steroid dienone is 2. The van der Waals surface area contributed by atoms with Crippen LogP contribution in [0.25, 0.3) is 0 Å². The standard InChI is InChI=1S/C19H37N3/c1-2-3-4-5-6-7-8-9-10-11-12-13-14-19-21-16-18-22(19)17-15-20/h4-5H,2-3,6-18,20H2,1H3/b5-4+. The number of nitrogens with two attached hydrogens (primary N) is 1. The lowest BCUT2D eigenvalue weighted by Crippen LogP contribution is -2.32. The molecule has 1 rings (SSSR count). The van der Waals surface area contributed by atoms with E-state index < -0.39 is 0 Å². The molecular formula is C19H37N3. The molecule has 0 aliphatic carbocycles. The minimum Gasteiger partial charge on any atom is -0.357 e. The summed E-state index contributed by atoms with van der Waals surface area (Å²) in [5.41, 5.74) is 5.64. The Kier molecular flexibility index (Phi) is 12.1. The van der Waals surface area contributed by atoms with Crippen molar-refractivity contribution in [1.82, 2.24) is 4.90 Å². The average molecular weight is 308 g/mol. The summed E-state index contributed by atoms with van der Waals surface area (Å²) in [5, 5.41) is 0. The molecule has 0 aromatic carbocycles. The summed E-state index contributed by atoms with van der Waals surface area (Å²) in [4.78, 5) is 6.97. The van der Waals surface area contributed by atoms with Crippen LogP contribution in [0.1, 0.15) is 77.6 Å². The fourth-order valence-corrected chi connectivity index (χ4v) is 2.99. The summed E-state index contributed by atoms with van der Waals surface area (Å²) in [7, 11) is 0. The molecule has 0 atom stereocenters. The zero-order valence-corrected chi connectivity index (χ0v) is 14.7. The van der Waals surface area contributed by atoms with Gasteiger partial charge in [0, 0.05) is 26.1 Å². The zero-order chi connectivity index (χ0) is 15.9. The molecule has 0 spiro atoms. The molecule has 0 saturated heterocycles. The van der Waals surface area contributed by atoms with Crippen molar-refractivity contribution < 1.29 is 0 Å². The largest absolute Gasteiger partial charge is 0.357 e. The number of amidine groups is 1. The molecule has 0 aromatic heterocycles. The molecule has 3 heteroatoms. The van der Waals surface area contributed by atoms with Gasteiger partial charge in [0.25, 0.3) is 0 Å². The molecule has 128 valence electrons. The molecule has 2 N–H and O–H groups in total. The van der Waals surface area contributed by atoms with E-state index in [1.165, 1.54) is 70.0 Å². The molecule has 0 bridgehead atoms. The van der Waals surface area contributed by atoms with Gasteiger partial charge in [0.2, 0.25) is 0 Å². The number of aliphatic imine (C=N–C) groups is 1. The van der Waals surface area contributed by atoms with E-state index in [-0.39, 0.29) is 0 Å². The van der Waals surface area contributed by atoms with Crippen molar-refractivity contribution in [3.8, 4) is 0 Å². The van der Waals surface area contributed by atoms with Crippen molar-refractivity contribution in [2.75, 3.05) is 26.2 Å². The summed E-state index contributed by atoms with van der Waals surface area (Å²) in [6, 6.07) is 0. The summed E-state index contributed by atoms with van der Waals surface area (Å²) in [5.74, 6) is 1.31. The van der Waals surface area contributed by atoms with Crippen LogP contribution < -0.4 is 5.73 Å². The van der Waals surface area contributed by atoms with Gasteiger partial charge in [-0.25, -0.2) is 0 Å². The number of hydrogen-bond acceptors (Lipinski definition) is 3. The molecule has 0 aromatic rings. The molecule has 0 unspecified atom stereocenters. The molecule has 3 nitrogen and oxygen atoms in total. The van der Waals surface area contributed by atoms with E-state index in [4.69, 9.17) is 5.73 Å². The third-order valence-electron chi connectivity index (χ3n) is 4.32. The van der Waals surface area contributed by atoms with Crippen molar-refractivity contribution in [3.63, 3.8) is 0 Å². The molecule has 1 aliphatic heterocycles. The highest BCUT2D eigenvalue weighted by molar-refractivity contribution is 5.83. The van der Waals surface area contributed by atoms with Gasteiger partial charge in [-0.1, -0.05) is 57.6 Å². The summed E-state index contributed by atoms with van der Waals surface area (Å²) < 4.78 is 0. The maximum atomic E-state index is 5.64. The van der Waals surface area contributed by atoms with Crippen LogP contribution in [0.15, 0.2) is 17.1 Å². The predicted molar refractivity (Wildman–Crippen MR) is 98.5 cm³/mol. The van der Waals surface area contributed by atoms with Crippen LogP contribution in [-0.4, -0.2) is 36.9 Å². The predicted octanol–water partition coefficient (Wildman–Crippen LogP) is 4.53. The van der Waals surface area contributed by atoms with Crippen molar-refractivity contribution >= 4 is 5.84 Å². The van der Waals surface area contributed by atoms with Gasteiger partial charge in [0.15, 0.2) is 0 Å². The topological polar surface area (TPSA) is 41.6 Å². The molecule has 22 heavy (non-hydrogen) atoms. The third kappa shape index (κ3) is 9.24. The van der Waals surface area contributed by atoms with E-state index in [2.05, 4.69) is 29.0 Å². The number of unbranched alkanes of at least 4 members (excludes halogenated alkanes) is 8. The molecule has 1 aliphatic rings. The van der Waals surface area contributed by atoms with Gasteiger partial charge in [-0.2, -0.15) is 0 Å². The normalized spacial score (nSPS) is 15.0. The minimum absolute atomic E-state index is 0.743. The van der Waals surface area contributed by atoms with Gasteiger partial charge in [-0.3, -0.25) is 4.99 Å². The van der Waals surface area contributed by atoms with E-state index in [9.17, 15) is 0 Å². The van der Waals surface area contributed by atoms with Crippen LogP contribution in [0.3, 0.4) is 0 Å². The number of rotatable bonds is 14. The van der Waals surface area contributed by atoms with Gasteiger partial charge >= 0.3 is 0 Å². The second-order valence-electron chi connectivity index (χ2n) is 6.35. The Bertz CT molecular complexity index is 310. The van der Waals surface area contributed by atoms with Crippen LogP contribution in [0.5, 0.6) is 0 Å². The van der Waals surface area contributed by atoms with Crippen LogP contribution >= 0.6 is 0 Å². The fourth-order valence-electron chi connectivity index (χ4n) is 2.99. The van der Waals surface area contributed by atoms with E-state index in [0.717, 1.165) is 32.6 Å². The summed E-state index contributed by atoms with van der Waals surface area (Å²) >= 11 is 0. The SMILES string of the molecule is CCC/C=C/CCCCCCCCCC1=NCCN1CCN. The monoisotopic (exact) mass is 307 g/mol. The van der Waals surface area contributed by atoms with E-state index in [1.807, 2.05) is 0 Å². The lowest BCUT2D eigenvalue weighted by Gasteiger charge is -2.19. The second-order valence-corrected chi connectivity index (χ2v) is 6.35. The first-order valence-corrected chi connectivity index (χ1v) is 9.51. The first-order chi connectivity index (χ1) is 10.9. The van der Waals surface area contributed by atoms with Gasteiger partial charge < -0.3 is 10.6 Å². The van der Waals surface area contributed by atoms with Crippen molar-refractivity contribution in [1.29, 1.82) is 0 Å². The Balaban J connectivity index is 1.86. The Hall–Kier alpha value is -0.830. The Morgan fingerprint density at radius 2 is 1.68 bits per heavy atom. The molecular weight excluding hydrogens is 270 g/mol. The maximum absolute atomic E-state index is 5.64. The van der Waals surface area contributed by atoms with E-state index in [1.54, 1.807) is 0 Å². The second kappa shape index (κ2) is 13.8. The highest BCUT2D eigenvalue weighted by atomic mass is 15.2. The highest BCUT2D eigenvalue weighted by Crippen LogP contribution is 2.13. The van der Waals surface area contributed by atoms with Crippen molar-refractivity contribution in [2.24, 2.45) is 10.7 Å². The first kappa shape index (κ1) is 19.2. The maximum Gasteiger partial charge on any atom is 0.0990 e. The Morgan fingerprint density at radius 3 is 2.41 bits per heavy atom. The minimum atomic E-state index is 0.743. The lowest BCUT2D eigenvalue weighted by molar-refractivity contribution is 0.456. The lowest BCUT2D eigenvalue weighted by atomic mass is 10.1. The number of nitrogens with zero attached hydrogens (tertiary/aromatic N) is 2. The summed E-state index contributed by atoms with van der Waals surface area (Å²) in [6.07, 6.45) is 19.2. The van der Waals surface area contributed by atoms with Crippen LogP contribution in [0.4, 0.5) is 0 Å². The highest BCUT2D eigenvalue weighted by Gasteiger charge is 2.14. The summed E-state index contributed by atoms with van der Waals surface area (Å²) in [6.45, 7) is 6.01. The van der Waals surface area contributed by atoms with Crippen molar-refractivity contribution in [3.05, 3.63) is 12.2 Å². The quantitative estimate of drug-likeness (QED) is 0.378. The zero-order valence-electron chi connectivity index (χ0n) is 14.7. The smallest absolute Gasteiger partial charge is 0.0990 e. The third-order valence-corrected chi connectivity index (χ3v) is 4.32. The van der Waals surface area contributed by atoms with E-state index in [0.29, 0.717) is 0 Å². The molecule has 0 amide bonds. The van der Waals surface area contributed by atoms with Crippen LogP contribution in [0.2, 0.25) is 0 Å². The van der Waals surface area contributed by atoms with E-state index >= 15 is 0 Å². The van der Waals surface area contributed by atoms with Gasteiger partial charge in [-0.05, 0) is 25.7 Å². The fraction of sp³-hybridized carbons (Fsp3) is 0.842. The van der Waals surface area contributed by atoms with Gasteiger partial charge in [-0.15, -0.1) is 0 Å². The van der Waals surface area contributed by atoms with Crippen molar-refractivity contribution in [2.45, 2.75) is 77.6 Å².